The van der Waals surface area contributed by atoms with E-state index in [2.05, 4.69) is 0 Å². The second kappa shape index (κ2) is 8.11. The minimum absolute atomic E-state index is 0.217. The van der Waals surface area contributed by atoms with E-state index in [0.29, 0.717) is 11.1 Å². The normalized spacial score (nSPS) is 11.5. The maximum Gasteiger partial charge on any atom is 0.205 e. The highest BCUT2D eigenvalue weighted by atomic mass is 16.2. The molecule has 0 heterocycles. The molecular formula is C20H18O4. The molecule has 0 N–H and O–H groups in total. The monoisotopic (exact) mass is 322 g/mol. The number of ketones is 4. The Morgan fingerprint density at radius 2 is 1.33 bits per heavy atom. The Morgan fingerprint density at radius 1 is 0.792 bits per heavy atom. The van der Waals surface area contributed by atoms with Crippen molar-refractivity contribution in [2.45, 2.75) is 25.7 Å². The summed E-state index contributed by atoms with van der Waals surface area (Å²) >= 11 is 0. The minimum atomic E-state index is -0.746. The van der Waals surface area contributed by atoms with Crippen LogP contribution < -0.4 is 0 Å². The molecule has 4 nitrogen and oxygen atoms in total. The summed E-state index contributed by atoms with van der Waals surface area (Å²) in [4.78, 5) is 47.8. The average Bonchev–Trinajstić information content (AvgIpc) is 2.59. The van der Waals surface area contributed by atoms with E-state index in [1.807, 2.05) is 6.07 Å². The van der Waals surface area contributed by atoms with E-state index in [-0.39, 0.29) is 18.0 Å². The summed E-state index contributed by atoms with van der Waals surface area (Å²) in [7, 11) is 0. The predicted molar refractivity (Wildman–Crippen MR) is 89.9 cm³/mol. The molecule has 24 heavy (non-hydrogen) atoms. The lowest BCUT2D eigenvalue weighted by Gasteiger charge is -2.15. The Bertz CT molecular complexity index is 748. The van der Waals surface area contributed by atoms with Crippen molar-refractivity contribution >= 4 is 23.1 Å². The van der Waals surface area contributed by atoms with E-state index in [1.54, 1.807) is 54.6 Å². The second-order valence-corrected chi connectivity index (χ2v) is 5.62. The summed E-state index contributed by atoms with van der Waals surface area (Å²) in [5.41, 5.74) is 1.16. The quantitative estimate of drug-likeness (QED) is 0.425. The molecule has 0 bridgehead atoms. The first-order valence-electron chi connectivity index (χ1n) is 7.68. The summed E-state index contributed by atoms with van der Waals surface area (Å²) in [5, 5.41) is 0. The fourth-order valence-electron chi connectivity index (χ4n) is 2.47. The molecular weight excluding hydrogens is 304 g/mol. The third-order valence-corrected chi connectivity index (χ3v) is 3.69. The van der Waals surface area contributed by atoms with Crippen LogP contribution in [0.4, 0.5) is 0 Å². The number of carbonyl (C=O) groups is 4. The van der Waals surface area contributed by atoms with Gasteiger partial charge in [-0.05, 0) is 12.5 Å². The van der Waals surface area contributed by atoms with Crippen molar-refractivity contribution in [3.05, 3.63) is 71.8 Å². The largest absolute Gasteiger partial charge is 0.300 e. The van der Waals surface area contributed by atoms with Gasteiger partial charge in [0.15, 0.2) is 11.6 Å². The number of hydrogen-bond donors (Lipinski definition) is 0. The number of Topliss-reactive ketones (excluding diaryl/α,β-unsaturated/α-hetero) is 4. The van der Waals surface area contributed by atoms with Crippen LogP contribution in [-0.2, 0) is 14.4 Å². The molecule has 0 fully saturated rings. The molecule has 0 amide bonds. The molecule has 0 aliphatic carbocycles. The maximum absolute atomic E-state index is 12.8. The van der Waals surface area contributed by atoms with Crippen molar-refractivity contribution in [3.63, 3.8) is 0 Å². The lowest BCUT2D eigenvalue weighted by molar-refractivity contribution is -0.138. The summed E-state index contributed by atoms with van der Waals surface area (Å²) in [5.74, 6) is -2.76. The minimum Gasteiger partial charge on any atom is -0.300 e. The Kier molecular flexibility index (Phi) is 5.90. The van der Waals surface area contributed by atoms with Crippen molar-refractivity contribution in [1.82, 2.24) is 0 Å². The van der Waals surface area contributed by atoms with Gasteiger partial charge in [-0.15, -0.1) is 0 Å². The van der Waals surface area contributed by atoms with Crippen LogP contribution in [0.2, 0.25) is 0 Å². The predicted octanol–water partition coefficient (Wildman–Crippen LogP) is 3.16. The Morgan fingerprint density at radius 3 is 1.88 bits per heavy atom. The Hall–Kier alpha value is -2.88. The third-order valence-electron chi connectivity index (χ3n) is 3.69. The molecule has 2 rings (SSSR count). The highest BCUT2D eigenvalue weighted by Crippen LogP contribution is 2.25. The van der Waals surface area contributed by atoms with Gasteiger partial charge in [-0.1, -0.05) is 60.7 Å². The van der Waals surface area contributed by atoms with Gasteiger partial charge in [0.2, 0.25) is 5.78 Å². The Balaban J connectivity index is 2.27. The van der Waals surface area contributed by atoms with E-state index in [9.17, 15) is 19.2 Å². The van der Waals surface area contributed by atoms with Crippen LogP contribution in [0.3, 0.4) is 0 Å². The van der Waals surface area contributed by atoms with Crippen LogP contribution in [0.1, 0.15) is 41.6 Å². The van der Waals surface area contributed by atoms with E-state index in [4.69, 9.17) is 0 Å². The van der Waals surface area contributed by atoms with Gasteiger partial charge in [0.05, 0.1) is 12.3 Å². The van der Waals surface area contributed by atoms with Crippen LogP contribution in [0, 0.1) is 0 Å². The standard InChI is InChI=1S/C20H18O4/c1-14(21)12-18(22)19(23)13-17(15-8-4-2-5-9-15)20(24)16-10-6-3-7-11-16/h2-11,17H,12-13H2,1H3. The summed E-state index contributed by atoms with van der Waals surface area (Å²) in [6.07, 6.45) is -0.649. The highest BCUT2D eigenvalue weighted by molar-refractivity contribution is 6.40. The third kappa shape index (κ3) is 4.56. The van der Waals surface area contributed by atoms with Crippen molar-refractivity contribution < 1.29 is 19.2 Å². The zero-order valence-corrected chi connectivity index (χ0v) is 13.4. The molecule has 0 saturated carbocycles. The van der Waals surface area contributed by atoms with Crippen molar-refractivity contribution in [3.8, 4) is 0 Å². The zero-order chi connectivity index (χ0) is 17.5. The van der Waals surface area contributed by atoms with E-state index in [0.717, 1.165) is 0 Å². The van der Waals surface area contributed by atoms with Crippen LogP contribution in [-0.4, -0.2) is 23.1 Å². The highest BCUT2D eigenvalue weighted by Gasteiger charge is 2.27. The smallest absolute Gasteiger partial charge is 0.205 e. The number of hydrogen-bond acceptors (Lipinski definition) is 4. The molecule has 0 radical (unpaired) electrons. The average molecular weight is 322 g/mol. The molecule has 0 saturated heterocycles. The first-order chi connectivity index (χ1) is 11.5. The van der Waals surface area contributed by atoms with Crippen LogP contribution in [0.15, 0.2) is 60.7 Å². The molecule has 4 heteroatoms. The van der Waals surface area contributed by atoms with Gasteiger partial charge >= 0.3 is 0 Å². The van der Waals surface area contributed by atoms with Gasteiger partial charge in [0.25, 0.3) is 0 Å². The van der Waals surface area contributed by atoms with E-state index in [1.165, 1.54) is 6.92 Å². The van der Waals surface area contributed by atoms with Crippen molar-refractivity contribution in [1.29, 1.82) is 0 Å². The van der Waals surface area contributed by atoms with E-state index < -0.39 is 23.9 Å². The van der Waals surface area contributed by atoms with Gasteiger partial charge in [-0.25, -0.2) is 0 Å². The summed E-state index contributed by atoms with van der Waals surface area (Å²) < 4.78 is 0. The SMILES string of the molecule is CC(=O)CC(=O)C(=O)CC(C(=O)c1ccccc1)c1ccccc1. The van der Waals surface area contributed by atoms with Gasteiger partial charge in [0.1, 0.15) is 5.78 Å². The lowest BCUT2D eigenvalue weighted by atomic mass is 9.85. The zero-order valence-electron chi connectivity index (χ0n) is 13.4. The fraction of sp³-hybridized carbons (Fsp3) is 0.200. The molecule has 122 valence electrons. The van der Waals surface area contributed by atoms with Gasteiger partial charge in [-0.3, -0.25) is 19.2 Å². The topological polar surface area (TPSA) is 68.3 Å². The molecule has 0 aliphatic rings. The first kappa shape index (κ1) is 17.5. The number of carbonyl (C=O) groups excluding carboxylic acids is 4. The molecule has 0 aliphatic heterocycles. The first-order valence-corrected chi connectivity index (χ1v) is 7.68. The number of rotatable bonds is 8. The van der Waals surface area contributed by atoms with Crippen molar-refractivity contribution in [2.24, 2.45) is 0 Å². The molecule has 0 spiro atoms. The fourth-order valence-corrected chi connectivity index (χ4v) is 2.47. The molecule has 2 aromatic rings. The maximum atomic E-state index is 12.8. The molecule has 1 atom stereocenters. The van der Waals surface area contributed by atoms with Gasteiger partial charge in [-0.2, -0.15) is 0 Å². The Labute approximate surface area is 140 Å². The van der Waals surface area contributed by atoms with E-state index >= 15 is 0 Å². The summed E-state index contributed by atoms with van der Waals surface area (Å²) in [6.45, 7) is 1.26. The molecule has 1 unspecified atom stereocenters. The van der Waals surface area contributed by atoms with Crippen LogP contribution in [0.25, 0.3) is 0 Å². The number of benzene rings is 2. The molecule has 0 aromatic heterocycles. The van der Waals surface area contributed by atoms with Crippen LogP contribution in [0.5, 0.6) is 0 Å². The van der Waals surface area contributed by atoms with Gasteiger partial charge in [0, 0.05) is 12.0 Å². The summed E-state index contributed by atoms with van der Waals surface area (Å²) in [6, 6.07) is 17.6. The molecule has 2 aromatic carbocycles. The second-order valence-electron chi connectivity index (χ2n) is 5.62. The lowest BCUT2D eigenvalue weighted by Crippen LogP contribution is -2.23. The van der Waals surface area contributed by atoms with Crippen LogP contribution >= 0.6 is 0 Å². The van der Waals surface area contributed by atoms with Gasteiger partial charge < -0.3 is 0 Å². The van der Waals surface area contributed by atoms with Crippen molar-refractivity contribution in [2.75, 3.05) is 0 Å².